The lowest BCUT2D eigenvalue weighted by Gasteiger charge is -2.27. The molecule has 0 radical (unpaired) electrons. The van der Waals surface area contributed by atoms with Crippen LogP contribution in [0.4, 0.5) is 0 Å². The van der Waals surface area contributed by atoms with Gasteiger partial charge in [-0.15, -0.1) is 0 Å². The standard InChI is InChI=1S/C12H9N3O4.C2H6/c16-8-4-3-7(10(17)14-8)15-11(18)6-2-1-5-13-9(6)12(15)19;1-2/h1-2,5,7H,3-4H2,(H,14,16,17);1-2H3. The Kier molecular flexibility index (Phi) is 4.11. The first-order valence-electron chi connectivity index (χ1n) is 6.76. The van der Waals surface area contributed by atoms with Crippen molar-refractivity contribution in [2.24, 2.45) is 0 Å². The van der Waals surface area contributed by atoms with Gasteiger partial charge in [0.25, 0.3) is 11.8 Å². The van der Waals surface area contributed by atoms with Crippen molar-refractivity contribution in [1.29, 1.82) is 0 Å². The monoisotopic (exact) mass is 289 g/mol. The van der Waals surface area contributed by atoms with Crippen LogP contribution in [0.1, 0.15) is 47.5 Å². The number of hydrogen-bond donors (Lipinski definition) is 1. The third-order valence-corrected chi connectivity index (χ3v) is 3.20. The van der Waals surface area contributed by atoms with Crippen molar-refractivity contribution >= 4 is 23.6 Å². The molecule has 3 rings (SSSR count). The first-order chi connectivity index (χ1) is 10.1. The fraction of sp³-hybridized carbons (Fsp3) is 0.357. The molecule has 1 aromatic rings. The molecular formula is C14H15N3O4. The number of rotatable bonds is 1. The summed E-state index contributed by atoms with van der Waals surface area (Å²) in [5.41, 5.74) is 0.245. The summed E-state index contributed by atoms with van der Waals surface area (Å²) in [6.45, 7) is 4.00. The maximum atomic E-state index is 12.1. The number of carbonyl (C=O) groups is 4. The molecule has 0 saturated carbocycles. The average Bonchev–Trinajstić information content (AvgIpc) is 2.75. The Labute approximate surface area is 121 Å². The van der Waals surface area contributed by atoms with Crippen LogP contribution in [0.15, 0.2) is 18.3 Å². The maximum Gasteiger partial charge on any atom is 0.280 e. The summed E-state index contributed by atoms with van der Waals surface area (Å²) in [5, 5.41) is 2.13. The van der Waals surface area contributed by atoms with E-state index in [-0.39, 0.29) is 24.1 Å². The van der Waals surface area contributed by atoms with Gasteiger partial charge in [0.05, 0.1) is 5.56 Å². The minimum Gasteiger partial charge on any atom is -0.295 e. The van der Waals surface area contributed by atoms with E-state index in [4.69, 9.17) is 0 Å². The van der Waals surface area contributed by atoms with Crippen molar-refractivity contribution in [2.75, 3.05) is 0 Å². The Morgan fingerprint density at radius 2 is 1.90 bits per heavy atom. The van der Waals surface area contributed by atoms with Gasteiger partial charge in [-0.05, 0) is 18.6 Å². The van der Waals surface area contributed by atoms with Gasteiger partial charge in [-0.2, -0.15) is 0 Å². The van der Waals surface area contributed by atoms with Crippen molar-refractivity contribution in [3.8, 4) is 0 Å². The van der Waals surface area contributed by atoms with Crippen molar-refractivity contribution in [3.05, 3.63) is 29.6 Å². The molecule has 7 nitrogen and oxygen atoms in total. The quantitative estimate of drug-likeness (QED) is 0.760. The minimum absolute atomic E-state index is 0.0530. The van der Waals surface area contributed by atoms with Crippen molar-refractivity contribution in [1.82, 2.24) is 15.2 Å². The topological polar surface area (TPSA) is 96.4 Å². The van der Waals surface area contributed by atoms with E-state index < -0.39 is 29.7 Å². The summed E-state index contributed by atoms with van der Waals surface area (Å²) in [6, 6.07) is 2.11. The van der Waals surface area contributed by atoms with Crippen molar-refractivity contribution in [3.63, 3.8) is 0 Å². The largest absolute Gasteiger partial charge is 0.295 e. The van der Waals surface area contributed by atoms with Crippen LogP contribution in [0, 0.1) is 0 Å². The Balaban J connectivity index is 0.000000774. The molecule has 1 saturated heterocycles. The molecule has 4 amide bonds. The first kappa shape index (κ1) is 14.8. The SMILES string of the molecule is CC.O=C1CCC(N2C(=O)c3cccnc3C2=O)C(=O)N1. The van der Waals surface area contributed by atoms with Gasteiger partial charge in [-0.1, -0.05) is 13.8 Å². The van der Waals surface area contributed by atoms with Crippen LogP contribution in [0.25, 0.3) is 0 Å². The molecular weight excluding hydrogens is 274 g/mol. The molecule has 0 spiro atoms. The summed E-state index contributed by atoms with van der Waals surface area (Å²) in [6.07, 6.45) is 1.67. The lowest BCUT2D eigenvalue weighted by molar-refractivity contribution is -0.136. The lowest BCUT2D eigenvalue weighted by atomic mass is 10.0. The summed E-state index contributed by atoms with van der Waals surface area (Å²) in [7, 11) is 0. The van der Waals surface area contributed by atoms with E-state index in [2.05, 4.69) is 10.3 Å². The number of carbonyl (C=O) groups excluding carboxylic acids is 4. The number of fused-ring (bicyclic) bond motifs is 1. The van der Waals surface area contributed by atoms with Gasteiger partial charge >= 0.3 is 0 Å². The zero-order valence-electron chi connectivity index (χ0n) is 11.8. The molecule has 1 atom stereocenters. The van der Waals surface area contributed by atoms with Crippen molar-refractivity contribution < 1.29 is 19.2 Å². The molecule has 1 fully saturated rings. The Hall–Kier alpha value is -2.57. The first-order valence-corrected chi connectivity index (χ1v) is 6.76. The normalized spacial score (nSPS) is 20.7. The fourth-order valence-corrected chi connectivity index (χ4v) is 2.30. The average molecular weight is 289 g/mol. The molecule has 1 N–H and O–H groups in total. The van der Waals surface area contributed by atoms with Crippen LogP contribution in [0.5, 0.6) is 0 Å². The zero-order valence-corrected chi connectivity index (χ0v) is 11.8. The number of piperidine rings is 1. The number of amides is 4. The lowest BCUT2D eigenvalue weighted by Crippen LogP contribution is -2.54. The summed E-state index contributed by atoms with van der Waals surface area (Å²) in [5.74, 6) is -2.14. The highest BCUT2D eigenvalue weighted by atomic mass is 16.2. The molecule has 2 aliphatic heterocycles. The van der Waals surface area contributed by atoms with E-state index >= 15 is 0 Å². The second kappa shape index (κ2) is 5.82. The molecule has 7 heteroatoms. The van der Waals surface area contributed by atoms with Crippen LogP contribution in [-0.4, -0.2) is 39.6 Å². The number of nitrogens with zero attached hydrogens (tertiary/aromatic N) is 2. The Morgan fingerprint density at radius 1 is 1.19 bits per heavy atom. The number of nitrogens with one attached hydrogen (secondary N) is 1. The summed E-state index contributed by atoms with van der Waals surface area (Å²) < 4.78 is 0. The van der Waals surface area contributed by atoms with Crippen LogP contribution in [0.3, 0.4) is 0 Å². The second-order valence-electron chi connectivity index (χ2n) is 4.35. The highest BCUT2D eigenvalue weighted by Gasteiger charge is 2.45. The zero-order chi connectivity index (χ0) is 15.6. The van der Waals surface area contributed by atoms with Gasteiger partial charge in [0.15, 0.2) is 0 Å². The molecule has 0 bridgehead atoms. The van der Waals surface area contributed by atoms with Gasteiger partial charge in [0, 0.05) is 12.6 Å². The number of imide groups is 2. The highest BCUT2D eigenvalue weighted by Crippen LogP contribution is 2.25. The van der Waals surface area contributed by atoms with E-state index in [1.807, 2.05) is 13.8 Å². The van der Waals surface area contributed by atoms with E-state index in [9.17, 15) is 19.2 Å². The van der Waals surface area contributed by atoms with Crippen LogP contribution < -0.4 is 5.32 Å². The van der Waals surface area contributed by atoms with Gasteiger partial charge in [-0.25, -0.2) is 0 Å². The number of hydrogen-bond acceptors (Lipinski definition) is 5. The van der Waals surface area contributed by atoms with E-state index in [0.29, 0.717) is 0 Å². The van der Waals surface area contributed by atoms with Crippen LogP contribution in [0.2, 0.25) is 0 Å². The minimum atomic E-state index is -0.938. The Bertz CT molecular complexity index is 591. The highest BCUT2D eigenvalue weighted by molar-refractivity contribution is 6.22. The van der Waals surface area contributed by atoms with Crippen LogP contribution >= 0.6 is 0 Å². The molecule has 0 aliphatic carbocycles. The summed E-state index contributed by atoms with van der Waals surface area (Å²) in [4.78, 5) is 51.8. The number of aromatic nitrogens is 1. The van der Waals surface area contributed by atoms with Gasteiger partial charge in [0.1, 0.15) is 11.7 Å². The van der Waals surface area contributed by atoms with E-state index in [1.165, 1.54) is 12.3 Å². The predicted molar refractivity (Wildman–Crippen MR) is 72.3 cm³/mol. The molecule has 110 valence electrons. The van der Waals surface area contributed by atoms with Gasteiger partial charge < -0.3 is 0 Å². The fourth-order valence-electron chi connectivity index (χ4n) is 2.30. The van der Waals surface area contributed by atoms with Crippen molar-refractivity contribution in [2.45, 2.75) is 32.7 Å². The molecule has 3 heterocycles. The van der Waals surface area contributed by atoms with E-state index in [1.54, 1.807) is 6.07 Å². The molecule has 1 unspecified atom stereocenters. The smallest absolute Gasteiger partial charge is 0.280 e. The number of pyridine rings is 1. The van der Waals surface area contributed by atoms with Crippen LogP contribution in [-0.2, 0) is 9.59 Å². The second-order valence-corrected chi connectivity index (χ2v) is 4.35. The van der Waals surface area contributed by atoms with Gasteiger partial charge in [-0.3, -0.25) is 34.4 Å². The van der Waals surface area contributed by atoms with E-state index in [0.717, 1.165) is 4.90 Å². The molecule has 0 aromatic carbocycles. The van der Waals surface area contributed by atoms with Gasteiger partial charge in [0.2, 0.25) is 11.8 Å². The summed E-state index contributed by atoms with van der Waals surface area (Å²) >= 11 is 0. The maximum absolute atomic E-state index is 12.1. The third-order valence-electron chi connectivity index (χ3n) is 3.20. The predicted octanol–water partition coefficient (Wildman–Crippen LogP) is 0.509. The Morgan fingerprint density at radius 3 is 2.52 bits per heavy atom. The third kappa shape index (κ3) is 2.42. The molecule has 21 heavy (non-hydrogen) atoms. The molecule has 2 aliphatic rings. The molecule has 1 aromatic heterocycles.